The third-order valence-electron chi connectivity index (χ3n) is 13.6. The summed E-state index contributed by atoms with van der Waals surface area (Å²) in [4.78, 5) is 12.9. The Morgan fingerprint density at radius 2 is 1.64 bits per heavy atom. The lowest BCUT2D eigenvalue weighted by Gasteiger charge is -2.72. The summed E-state index contributed by atoms with van der Waals surface area (Å²) in [7, 11) is 0. The van der Waals surface area contributed by atoms with Crippen molar-refractivity contribution in [1.82, 2.24) is 0 Å². The van der Waals surface area contributed by atoms with Gasteiger partial charge in [0.2, 0.25) is 0 Å². The molecule has 0 spiro atoms. The minimum atomic E-state index is -0.167. The molecule has 0 radical (unpaired) electrons. The van der Waals surface area contributed by atoms with Crippen LogP contribution in [-0.4, -0.2) is 17.5 Å². The van der Waals surface area contributed by atoms with E-state index in [9.17, 15) is 9.90 Å². The SMILES string of the molecule is C=C(CC)[C@@H]1CC[C@]2(CO)CC[C@]3(C)[C@H](CC[C@@H]4[C@@]5(C)CCC(=O)C(C)(C)C5CC[C@]43C)[C@@H]12. The Hall–Kier alpha value is -0.630. The molecule has 2 nitrogen and oxygen atoms in total. The van der Waals surface area contributed by atoms with Crippen LogP contribution in [0.2, 0.25) is 0 Å². The van der Waals surface area contributed by atoms with E-state index in [0.29, 0.717) is 52.8 Å². The maximum Gasteiger partial charge on any atom is 0.138 e. The zero-order valence-corrected chi connectivity index (χ0v) is 22.4. The number of carbonyl (C=O) groups is 1. The van der Waals surface area contributed by atoms with Crippen LogP contribution in [0.1, 0.15) is 112 Å². The lowest BCUT2D eigenvalue weighted by molar-refractivity contribution is -0.236. The fourth-order valence-electron chi connectivity index (χ4n) is 11.5. The third-order valence-corrected chi connectivity index (χ3v) is 13.6. The lowest BCUT2D eigenvalue weighted by atomic mass is 9.32. The Labute approximate surface area is 203 Å². The van der Waals surface area contributed by atoms with Crippen molar-refractivity contribution < 1.29 is 9.90 Å². The second kappa shape index (κ2) is 7.44. The highest BCUT2D eigenvalue weighted by Gasteiger charge is 2.70. The minimum absolute atomic E-state index is 0.135. The zero-order valence-electron chi connectivity index (χ0n) is 22.4. The van der Waals surface area contributed by atoms with E-state index in [1.807, 2.05) is 0 Å². The topological polar surface area (TPSA) is 37.3 Å². The van der Waals surface area contributed by atoms with Gasteiger partial charge in [-0.3, -0.25) is 4.79 Å². The number of carbonyl (C=O) groups excluding carboxylic acids is 1. The summed E-state index contributed by atoms with van der Waals surface area (Å²) < 4.78 is 0. The van der Waals surface area contributed by atoms with E-state index < -0.39 is 0 Å². The Balaban J connectivity index is 1.55. The summed E-state index contributed by atoms with van der Waals surface area (Å²) in [5.41, 5.74) is 2.35. The third kappa shape index (κ3) is 2.85. The fraction of sp³-hybridized carbons (Fsp3) is 0.903. The van der Waals surface area contributed by atoms with Crippen LogP contribution >= 0.6 is 0 Å². The normalized spacial score (nSPS) is 52.9. The second-order valence-corrected chi connectivity index (χ2v) is 14.5. The molecule has 0 heterocycles. The molecule has 5 saturated carbocycles. The molecule has 186 valence electrons. The first kappa shape index (κ1) is 24.1. The molecule has 0 aromatic rings. The van der Waals surface area contributed by atoms with Crippen molar-refractivity contribution >= 4 is 5.78 Å². The number of rotatable bonds is 3. The van der Waals surface area contributed by atoms with Crippen molar-refractivity contribution in [2.75, 3.05) is 6.61 Å². The summed E-state index contributed by atoms with van der Waals surface area (Å²) in [6, 6.07) is 0. The number of hydrogen-bond acceptors (Lipinski definition) is 2. The van der Waals surface area contributed by atoms with E-state index in [2.05, 4.69) is 48.1 Å². The number of ketones is 1. The van der Waals surface area contributed by atoms with Crippen LogP contribution < -0.4 is 0 Å². The smallest absolute Gasteiger partial charge is 0.138 e. The van der Waals surface area contributed by atoms with Gasteiger partial charge in [-0.05, 0) is 115 Å². The Bertz CT molecular complexity index is 842. The molecule has 2 heteroatoms. The van der Waals surface area contributed by atoms with Gasteiger partial charge >= 0.3 is 0 Å². The van der Waals surface area contributed by atoms with E-state index in [-0.39, 0.29) is 16.2 Å². The maximum absolute atomic E-state index is 12.9. The van der Waals surface area contributed by atoms with Crippen LogP contribution in [0, 0.1) is 56.7 Å². The molecule has 33 heavy (non-hydrogen) atoms. The predicted octanol–water partition coefficient (Wildman–Crippen LogP) is 7.60. The van der Waals surface area contributed by atoms with Gasteiger partial charge in [0.15, 0.2) is 0 Å². The minimum Gasteiger partial charge on any atom is -0.396 e. The van der Waals surface area contributed by atoms with Crippen LogP contribution in [0.3, 0.4) is 0 Å². The van der Waals surface area contributed by atoms with Crippen molar-refractivity contribution in [1.29, 1.82) is 0 Å². The van der Waals surface area contributed by atoms with E-state index in [1.165, 1.54) is 56.9 Å². The predicted molar refractivity (Wildman–Crippen MR) is 136 cm³/mol. The first-order valence-electron chi connectivity index (χ1n) is 14.2. The van der Waals surface area contributed by atoms with Crippen molar-refractivity contribution in [3.05, 3.63) is 12.2 Å². The molecule has 5 aliphatic carbocycles. The van der Waals surface area contributed by atoms with Crippen molar-refractivity contribution in [3.63, 3.8) is 0 Å². The summed E-state index contributed by atoms with van der Waals surface area (Å²) in [6.45, 7) is 19.6. The van der Waals surface area contributed by atoms with Crippen LogP contribution in [0.25, 0.3) is 0 Å². The van der Waals surface area contributed by atoms with Gasteiger partial charge in [-0.15, -0.1) is 0 Å². The average Bonchev–Trinajstić information content (AvgIpc) is 3.17. The Kier molecular flexibility index (Phi) is 5.43. The summed E-state index contributed by atoms with van der Waals surface area (Å²) in [5.74, 6) is 3.67. The number of aliphatic hydroxyl groups is 1. The molecule has 5 aliphatic rings. The number of hydrogen-bond donors (Lipinski definition) is 1. The van der Waals surface area contributed by atoms with Crippen LogP contribution in [0.5, 0.6) is 0 Å². The summed E-state index contributed by atoms with van der Waals surface area (Å²) in [5, 5.41) is 10.7. The number of aliphatic hydroxyl groups excluding tert-OH is 1. The van der Waals surface area contributed by atoms with Crippen LogP contribution in [0.15, 0.2) is 12.2 Å². The molecule has 5 fully saturated rings. The van der Waals surface area contributed by atoms with Crippen molar-refractivity contribution in [3.8, 4) is 0 Å². The molecular formula is C31H50O2. The largest absolute Gasteiger partial charge is 0.396 e. The highest BCUT2D eigenvalue weighted by Crippen LogP contribution is 2.77. The lowest BCUT2D eigenvalue weighted by Crippen LogP contribution is -2.66. The van der Waals surface area contributed by atoms with E-state index >= 15 is 0 Å². The molecule has 0 aliphatic heterocycles. The van der Waals surface area contributed by atoms with Gasteiger partial charge in [0.25, 0.3) is 0 Å². The molecule has 9 atom stereocenters. The van der Waals surface area contributed by atoms with Gasteiger partial charge in [0, 0.05) is 18.4 Å². The zero-order chi connectivity index (χ0) is 24.0. The molecule has 1 N–H and O–H groups in total. The Morgan fingerprint density at radius 3 is 2.30 bits per heavy atom. The average molecular weight is 455 g/mol. The van der Waals surface area contributed by atoms with Gasteiger partial charge in [-0.2, -0.15) is 0 Å². The van der Waals surface area contributed by atoms with Crippen molar-refractivity contribution in [2.24, 2.45) is 56.7 Å². The van der Waals surface area contributed by atoms with Crippen LogP contribution in [-0.2, 0) is 4.79 Å². The molecule has 5 rings (SSSR count). The van der Waals surface area contributed by atoms with Gasteiger partial charge in [0.05, 0.1) is 0 Å². The Morgan fingerprint density at radius 1 is 0.909 bits per heavy atom. The van der Waals surface area contributed by atoms with E-state index in [0.717, 1.165) is 19.3 Å². The summed E-state index contributed by atoms with van der Waals surface area (Å²) in [6.07, 6.45) is 13.0. The molecule has 0 aromatic carbocycles. The highest BCUT2D eigenvalue weighted by molar-refractivity contribution is 5.85. The van der Waals surface area contributed by atoms with Gasteiger partial charge in [-0.25, -0.2) is 0 Å². The molecule has 0 aromatic heterocycles. The van der Waals surface area contributed by atoms with E-state index in [1.54, 1.807) is 0 Å². The number of fused-ring (bicyclic) bond motifs is 7. The van der Waals surface area contributed by atoms with E-state index in [4.69, 9.17) is 0 Å². The monoisotopic (exact) mass is 454 g/mol. The molecule has 0 saturated heterocycles. The number of allylic oxidation sites excluding steroid dienone is 1. The van der Waals surface area contributed by atoms with Gasteiger partial charge in [-0.1, -0.05) is 53.7 Å². The van der Waals surface area contributed by atoms with Gasteiger partial charge in [0.1, 0.15) is 5.78 Å². The quantitative estimate of drug-likeness (QED) is 0.446. The molecule has 0 amide bonds. The standard InChI is InChI=1S/C31H50O2/c1-8-20(2)21-11-16-31(19-32)18-17-29(6)22(26(21)31)9-10-24-28(5)14-13-25(33)27(3,4)23(28)12-15-30(24,29)7/h21-24,26,32H,2,8-19H2,1,3-7H3/t21-,22+,23?,24+,26+,28-,29+,30+,31+/m0/s1. The number of Topliss-reactive ketones (excluding diaryl/α,β-unsaturated/α-hetero) is 1. The maximum atomic E-state index is 12.9. The van der Waals surface area contributed by atoms with Crippen LogP contribution in [0.4, 0.5) is 0 Å². The molecular weight excluding hydrogens is 404 g/mol. The molecule has 1 unspecified atom stereocenters. The van der Waals surface area contributed by atoms with Crippen molar-refractivity contribution in [2.45, 2.75) is 112 Å². The summed E-state index contributed by atoms with van der Waals surface area (Å²) >= 11 is 0. The first-order valence-corrected chi connectivity index (χ1v) is 14.2. The van der Waals surface area contributed by atoms with Gasteiger partial charge < -0.3 is 5.11 Å². The molecule has 0 bridgehead atoms. The highest BCUT2D eigenvalue weighted by atomic mass is 16.3. The second-order valence-electron chi connectivity index (χ2n) is 14.5. The fourth-order valence-corrected chi connectivity index (χ4v) is 11.5. The first-order chi connectivity index (χ1) is 15.4.